The first-order valence-corrected chi connectivity index (χ1v) is 8.76. The van der Waals surface area contributed by atoms with E-state index >= 15 is 0 Å². The van der Waals surface area contributed by atoms with Crippen LogP contribution in [-0.2, 0) is 6.54 Å². The lowest BCUT2D eigenvalue weighted by Crippen LogP contribution is -2.29. The molecule has 0 spiro atoms. The quantitative estimate of drug-likeness (QED) is 0.744. The topological polar surface area (TPSA) is 49.2 Å². The summed E-state index contributed by atoms with van der Waals surface area (Å²) in [7, 11) is 0. The molecule has 1 aromatic heterocycles. The summed E-state index contributed by atoms with van der Waals surface area (Å²) >= 11 is 0. The van der Waals surface area contributed by atoms with Crippen LogP contribution in [0.1, 0.15) is 35.7 Å². The summed E-state index contributed by atoms with van der Waals surface area (Å²) in [6.45, 7) is 8.19. The number of aliphatic hydroxyl groups is 1. The molecule has 0 fully saturated rings. The zero-order chi connectivity index (χ0) is 17.8. The van der Waals surface area contributed by atoms with Gasteiger partial charge in [-0.2, -0.15) is 0 Å². The second-order valence-electron chi connectivity index (χ2n) is 6.50. The number of hydrogen-bond acceptors (Lipinski definition) is 4. The second-order valence-corrected chi connectivity index (χ2v) is 6.50. The molecule has 0 aliphatic heterocycles. The van der Waals surface area contributed by atoms with Gasteiger partial charge in [0.25, 0.3) is 0 Å². The summed E-state index contributed by atoms with van der Waals surface area (Å²) in [5.74, 6) is 0.800. The van der Waals surface area contributed by atoms with Crippen LogP contribution in [0, 0.1) is 13.8 Å². The average Bonchev–Trinajstić information content (AvgIpc) is 2.61. The predicted octanol–water partition coefficient (Wildman–Crippen LogP) is 3.80. The van der Waals surface area contributed by atoms with Crippen molar-refractivity contribution in [2.24, 2.45) is 0 Å². The monoisotopic (exact) mass is 335 g/mol. The summed E-state index contributed by atoms with van der Waals surface area (Å²) in [6.07, 6.45) is -0.512. The first-order chi connectivity index (χ1) is 12.1. The van der Waals surface area contributed by atoms with Crippen molar-refractivity contribution < 1.29 is 5.11 Å². The Balaban J connectivity index is 1.74. The molecule has 0 saturated carbocycles. The van der Waals surface area contributed by atoms with Gasteiger partial charge >= 0.3 is 0 Å². The van der Waals surface area contributed by atoms with Crippen molar-refractivity contribution in [3.05, 3.63) is 71.2 Å². The number of aryl methyl sites for hydroxylation is 2. The molecule has 0 aliphatic carbocycles. The second kappa shape index (κ2) is 7.72. The highest BCUT2D eigenvalue weighted by Crippen LogP contribution is 2.18. The lowest BCUT2D eigenvalue weighted by molar-refractivity contribution is 0.111. The molecule has 25 heavy (non-hydrogen) atoms. The fourth-order valence-electron chi connectivity index (χ4n) is 3.01. The number of fused-ring (bicyclic) bond motifs is 1. The summed E-state index contributed by atoms with van der Waals surface area (Å²) < 4.78 is 0. The van der Waals surface area contributed by atoms with E-state index in [-0.39, 0.29) is 0 Å². The van der Waals surface area contributed by atoms with Gasteiger partial charge in [0, 0.05) is 17.6 Å². The Morgan fingerprint density at radius 1 is 1.00 bits per heavy atom. The predicted molar refractivity (Wildman–Crippen MR) is 101 cm³/mol. The summed E-state index contributed by atoms with van der Waals surface area (Å²) in [5, 5.41) is 11.6. The minimum Gasteiger partial charge on any atom is -0.387 e. The standard InChI is InChI=1S/C21H25N3O/c1-4-24(13-20(25)17-11-9-15(2)10-12-17)14-21-22-16(3)18-7-5-6-8-19(18)23-21/h5-12,20,25H,4,13-14H2,1-3H3. The Morgan fingerprint density at radius 3 is 2.44 bits per heavy atom. The van der Waals surface area contributed by atoms with Crippen molar-refractivity contribution in [2.45, 2.75) is 33.4 Å². The van der Waals surface area contributed by atoms with Crippen molar-refractivity contribution in [3.8, 4) is 0 Å². The van der Waals surface area contributed by atoms with Crippen molar-refractivity contribution in [1.29, 1.82) is 0 Å². The van der Waals surface area contributed by atoms with Crippen LogP contribution < -0.4 is 0 Å². The Kier molecular flexibility index (Phi) is 5.41. The van der Waals surface area contributed by atoms with E-state index in [1.54, 1.807) is 0 Å². The van der Waals surface area contributed by atoms with Gasteiger partial charge in [0.05, 0.1) is 18.2 Å². The molecule has 0 radical (unpaired) electrons. The molecule has 1 unspecified atom stereocenters. The third-order valence-corrected chi connectivity index (χ3v) is 4.55. The number of rotatable bonds is 6. The van der Waals surface area contributed by atoms with Crippen LogP contribution in [0.3, 0.4) is 0 Å². The number of hydrogen-bond donors (Lipinski definition) is 1. The van der Waals surface area contributed by atoms with Crippen molar-refractivity contribution in [1.82, 2.24) is 14.9 Å². The van der Waals surface area contributed by atoms with E-state index in [9.17, 15) is 5.11 Å². The summed E-state index contributed by atoms with van der Waals surface area (Å²) in [4.78, 5) is 11.5. The maximum Gasteiger partial charge on any atom is 0.143 e. The zero-order valence-corrected chi connectivity index (χ0v) is 15.1. The van der Waals surface area contributed by atoms with E-state index in [4.69, 9.17) is 0 Å². The molecule has 0 amide bonds. The van der Waals surface area contributed by atoms with Crippen LogP contribution in [0.5, 0.6) is 0 Å². The maximum atomic E-state index is 10.5. The SMILES string of the molecule is CCN(Cc1nc(C)c2ccccc2n1)CC(O)c1ccc(C)cc1. The summed E-state index contributed by atoms with van der Waals surface area (Å²) in [6, 6.07) is 16.1. The molecule has 2 aromatic carbocycles. The molecule has 4 heteroatoms. The van der Waals surface area contributed by atoms with Crippen molar-refractivity contribution in [2.75, 3.05) is 13.1 Å². The Bertz CT molecular complexity index is 845. The van der Waals surface area contributed by atoms with Gasteiger partial charge in [-0.15, -0.1) is 0 Å². The zero-order valence-electron chi connectivity index (χ0n) is 15.1. The maximum absolute atomic E-state index is 10.5. The molecular formula is C21H25N3O. The third-order valence-electron chi connectivity index (χ3n) is 4.55. The lowest BCUT2D eigenvalue weighted by Gasteiger charge is -2.23. The number of aliphatic hydroxyl groups excluding tert-OH is 1. The van der Waals surface area contributed by atoms with E-state index in [0.717, 1.165) is 34.5 Å². The highest BCUT2D eigenvalue weighted by molar-refractivity contribution is 5.80. The molecule has 1 heterocycles. The minimum atomic E-state index is -0.512. The highest BCUT2D eigenvalue weighted by Gasteiger charge is 2.14. The summed E-state index contributed by atoms with van der Waals surface area (Å²) in [5.41, 5.74) is 4.11. The van der Waals surface area contributed by atoms with Crippen LogP contribution in [0.2, 0.25) is 0 Å². The highest BCUT2D eigenvalue weighted by atomic mass is 16.3. The van der Waals surface area contributed by atoms with Gasteiger partial charge in [0.15, 0.2) is 0 Å². The Morgan fingerprint density at radius 2 is 1.72 bits per heavy atom. The molecule has 130 valence electrons. The average molecular weight is 335 g/mol. The van der Waals surface area contributed by atoms with Crippen LogP contribution in [0.4, 0.5) is 0 Å². The molecular weight excluding hydrogens is 310 g/mol. The molecule has 4 nitrogen and oxygen atoms in total. The number of para-hydroxylation sites is 1. The first kappa shape index (κ1) is 17.5. The lowest BCUT2D eigenvalue weighted by atomic mass is 10.1. The number of likely N-dealkylation sites (N-methyl/N-ethyl adjacent to an activating group) is 1. The van der Waals surface area contributed by atoms with E-state index in [0.29, 0.717) is 13.1 Å². The molecule has 1 N–H and O–H groups in total. The normalized spacial score (nSPS) is 12.7. The van der Waals surface area contributed by atoms with Crippen LogP contribution in [0.15, 0.2) is 48.5 Å². The van der Waals surface area contributed by atoms with E-state index in [2.05, 4.69) is 21.8 Å². The van der Waals surface area contributed by atoms with E-state index in [1.165, 1.54) is 5.56 Å². The van der Waals surface area contributed by atoms with Crippen molar-refractivity contribution >= 4 is 10.9 Å². The van der Waals surface area contributed by atoms with Gasteiger partial charge in [0.1, 0.15) is 5.82 Å². The number of aromatic nitrogens is 2. The largest absolute Gasteiger partial charge is 0.387 e. The molecule has 0 bridgehead atoms. The number of nitrogens with zero attached hydrogens (tertiary/aromatic N) is 3. The van der Waals surface area contributed by atoms with Crippen LogP contribution >= 0.6 is 0 Å². The van der Waals surface area contributed by atoms with Gasteiger partial charge in [0.2, 0.25) is 0 Å². The van der Waals surface area contributed by atoms with Gasteiger partial charge in [-0.3, -0.25) is 4.90 Å². The van der Waals surface area contributed by atoms with E-state index in [1.807, 2.05) is 62.4 Å². The van der Waals surface area contributed by atoms with Crippen LogP contribution in [0.25, 0.3) is 10.9 Å². The molecule has 0 saturated heterocycles. The van der Waals surface area contributed by atoms with Gasteiger partial charge in [-0.25, -0.2) is 9.97 Å². The first-order valence-electron chi connectivity index (χ1n) is 8.76. The fraction of sp³-hybridized carbons (Fsp3) is 0.333. The van der Waals surface area contributed by atoms with Gasteiger partial charge < -0.3 is 5.11 Å². The molecule has 3 aromatic rings. The van der Waals surface area contributed by atoms with Gasteiger partial charge in [-0.05, 0) is 32.0 Å². The molecule has 3 rings (SSSR count). The number of benzene rings is 2. The van der Waals surface area contributed by atoms with Crippen molar-refractivity contribution in [3.63, 3.8) is 0 Å². The molecule has 1 atom stereocenters. The molecule has 0 aliphatic rings. The Labute approximate surface area is 149 Å². The van der Waals surface area contributed by atoms with Crippen LogP contribution in [-0.4, -0.2) is 33.1 Å². The van der Waals surface area contributed by atoms with Gasteiger partial charge in [-0.1, -0.05) is 55.0 Å². The fourth-order valence-corrected chi connectivity index (χ4v) is 3.01. The minimum absolute atomic E-state index is 0.512. The Hall–Kier alpha value is -2.30. The third kappa shape index (κ3) is 4.21. The smallest absolute Gasteiger partial charge is 0.143 e. The van der Waals surface area contributed by atoms with E-state index < -0.39 is 6.10 Å².